The Balaban J connectivity index is 1.28. The molecule has 1 N–H and O–H groups in total. The summed E-state index contributed by atoms with van der Waals surface area (Å²) in [6.07, 6.45) is 1.70. The highest BCUT2D eigenvalue weighted by molar-refractivity contribution is 14.1. The summed E-state index contributed by atoms with van der Waals surface area (Å²) in [6, 6.07) is 16.5. The fourth-order valence-electron chi connectivity index (χ4n) is 3.92. The number of aromatic nitrogens is 1. The van der Waals surface area contributed by atoms with E-state index in [1.54, 1.807) is 0 Å². The molecule has 1 aromatic heterocycles. The maximum absolute atomic E-state index is 10.6. The van der Waals surface area contributed by atoms with Gasteiger partial charge in [0, 0.05) is 66.1 Å². The Morgan fingerprint density at radius 2 is 1.68 bits per heavy atom. The Kier molecular flexibility index (Phi) is 6.58. The minimum absolute atomic E-state index is 0.369. The first-order valence-electron chi connectivity index (χ1n) is 9.69. The third-order valence-corrected chi connectivity index (χ3v) is 6.83. The van der Waals surface area contributed by atoms with E-state index in [0.717, 1.165) is 37.7 Å². The average molecular weight is 510 g/mol. The molecule has 1 aliphatic heterocycles. The van der Waals surface area contributed by atoms with Crippen LogP contribution in [0.25, 0.3) is 10.9 Å². The van der Waals surface area contributed by atoms with Crippen molar-refractivity contribution in [3.63, 3.8) is 0 Å². The SMILES string of the molecule is OC(CN1CCN(Cc2c(Cl)cccc2I)CC1)Cn1ccc2ccccc21. The average Bonchev–Trinajstić information content (AvgIpc) is 3.09. The van der Waals surface area contributed by atoms with Gasteiger partial charge in [-0.05, 0) is 57.8 Å². The second-order valence-electron chi connectivity index (χ2n) is 7.46. The van der Waals surface area contributed by atoms with E-state index in [1.165, 1.54) is 20.0 Å². The lowest BCUT2D eigenvalue weighted by atomic mass is 10.2. The van der Waals surface area contributed by atoms with Crippen molar-refractivity contribution < 1.29 is 5.11 Å². The van der Waals surface area contributed by atoms with Crippen LogP contribution >= 0.6 is 34.2 Å². The third-order valence-electron chi connectivity index (χ3n) is 5.46. The number of halogens is 2. The molecule has 1 unspecified atom stereocenters. The predicted octanol–water partition coefficient (Wildman–Crippen LogP) is 4.08. The molecule has 0 bridgehead atoms. The van der Waals surface area contributed by atoms with Crippen molar-refractivity contribution in [3.05, 3.63) is 68.9 Å². The standard InChI is InChI=1S/C22H25ClIN3O/c23-20-5-3-6-21(24)19(20)16-26-12-10-25(11-13-26)14-18(28)15-27-9-8-17-4-1-2-7-22(17)27/h1-9,18,28H,10-16H2. The van der Waals surface area contributed by atoms with Gasteiger partial charge in [-0.3, -0.25) is 9.80 Å². The van der Waals surface area contributed by atoms with E-state index in [4.69, 9.17) is 11.6 Å². The largest absolute Gasteiger partial charge is 0.390 e. The summed E-state index contributed by atoms with van der Waals surface area (Å²) in [5.41, 5.74) is 2.40. The summed E-state index contributed by atoms with van der Waals surface area (Å²) in [5, 5.41) is 12.7. The van der Waals surface area contributed by atoms with Gasteiger partial charge >= 0.3 is 0 Å². The number of aliphatic hydroxyl groups excluding tert-OH is 1. The first kappa shape index (κ1) is 20.2. The number of β-amino-alcohol motifs (C(OH)–C–C–N with tert-alkyl or cyclic N) is 1. The van der Waals surface area contributed by atoms with E-state index < -0.39 is 0 Å². The van der Waals surface area contributed by atoms with Crippen molar-refractivity contribution in [2.75, 3.05) is 32.7 Å². The maximum atomic E-state index is 10.6. The van der Waals surface area contributed by atoms with Crippen molar-refractivity contribution in [1.29, 1.82) is 0 Å². The van der Waals surface area contributed by atoms with E-state index in [-0.39, 0.29) is 6.10 Å². The predicted molar refractivity (Wildman–Crippen MR) is 124 cm³/mol. The van der Waals surface area contributed by atoms with E-state index in [9.17, 15) is 5.11 Å². The topological polar surface area (TPSA) is 31.6 Å². The van der Waals surface area contributed by atoms with Gasteiger partial charge in [0.2, 0.25) is 0 Å². The van der Waals surface area contributed by atoms with Crippen LogP contribution in [-0.4, -0.2) is 58.3 Å². The van der Waals surface area contributed by atoms with E-state index in [1.807, 2.05) is 24.3 Å². The number of hydrogen-bond acceptors (Lipinski definition) is 3. The van der Waals surface area contributed by atoms with Gasteiger partial charge in [0.25, 0.3) is 0 Å². The molecule has 0 saturated carbocycles. The molecule has 0 radical (unpaired) electrons. The van der Waals surface area contributed by atoms with E-state index in [0.29, 0.717) is 13.1 Å². The Labute approximate surface area is 184 Å². The molecule has 28 heavy (non-hydrogen) atoms. The van der Waals surface area contributed by atoms with Crippen LogP contribution in [0.3, 0.4) is 0 Å². The second-order valence-corrected chi connectivity index (χ2v) is 9.03. The number of aliphatic hydroxyl groups is 1. The first-order chi connectivity index (χ1) is 13.6. The molecule has 0 aliphatic carbocycles. The molecule has 0 spiro atoms. The molecule has 148 valence electrons. The van der Waals surface area contributed by atoms with Crippen molar-refractivity contribution in [2.45, 2.75) is 19.2 Å². The lowest BCUT2D eigenvalue weighted by Gasteiger charge is -2.36. The number of nitrogens with zero attached hydrogens (tertiary/aromatic N) is 3. The summed E-state index contributed by atoms with van der Waals surface area (Å²) in [6.45, 7) is 6.19. The van der Waals surface area contributed by atoms with E-state index >= 15 is 0 Å². The van der Waals surface area contributed by atoms with Crippen LogP contribution in [0.15, 0.2) is 54.7 Å². The Morgan fingerprint density at radius 1 is 0.929 bits per heavy atom. The van der Waals surface area contributed by atoms with Gasteiger partial charge in [0.15, 0.2) is 0 Å². The molecule has 1 atom stereocenters. The number of benzene rings is 2. The van der Waals surface area contributed by atoms with Gasteiger partial charge in [0.1, 0.15) is 0 Å². The molecule has 4 nitrogen and oxygen atoms in total. The fourth-order valence-corrected chi connectivity index (χ4v) is 4.98. The van der Waals surface area contributed by atoms with Crippen molar-refractivity contribution in [2.24, 2.45) is 0 Å². The Morgan fingerprint density at radius 3 is 2.46 bits per heavy atom. The summed E-state index contributed by atoms with van der Waals surface area (Å²) in [5.74, 6) is 0. The molecule has 2 heterocycles. The highest BCUT2D eigenvalue weighted by Gasteiger charge is 2.21. The van der Waals surface area contributed by atoms with Gasteiger partial charge in [-0.1, -0.05) is 35.9 Å². The Hall–Kier alpha value is -1.12. The van der Waals surface area contributed by atoms with E-state index in [2.05, 4.69) is 67.4 Å². The molecule has 1 saturated heterocycles. The maximum Gasteiger partial charge on any atom is 0.0845 e. The molecule has 1 fully saturated rings. The smallest absolute Gasteiger partial charge is 0.0845 e. The number of fused-ring (bicyclic) bond motifs is 1. The third kappa shape index (κ3) is 4.71. The molecule has 3 aromatic rings. The molecule has 4 rings (SSSR count). The van der Waals surface area contributed by atoms with Crippen LogP contribution < -0.4 is 0 Å². The zero-order chi connectivity index (χ0) is 19.5. The number of rotatable bonds is 6. The van der Waals surface area contributed by atoms with Gasteiger partial charge in [-0.15, -0.1) is 0 Å². The summed E-state index contributed by atoms with van der Waals surface area (Å²) in [4.78, 5) is 4.82. The zero-order valence-electron chi connectivity index (χ0n) is 15.8. The van der Waals surface area contributed by atoms with Crippen LogP contribution in [-0.2, 0) is 13.1 Å². The minimum Gasteiger partial charge on any atom is -0.390 e. The van der Waals surface area contributed by atoms with Crippen molar-refractivity contribution in [1.82, 2.24) is 14.4 Å². The number of para-hydroxylation sites is 1. The normalized spacial score (nSPS) is 17.2. The molecule has 6 heteroatoms. The zero-order valence-corrected chi connectivity index (χ0v) is 18.7. The number of hydrogen-bond donors (Lipinski definition) is 1. The molecular weight excluding hydrogens is 485 g/mol. The second kappa shape index (κ2) is 9.13. The lowest BCUT2D eigenvalue weighted by Crippen LogP contribution is -2.48. The van der Waals surface area contributed by atoms with Crippen LogP contribution in [0.5, 0.6) is 0 Å². The summed E-state index contributed by atoms with van der Waals surface area (Å²) in [7, 11) is 0. The molecule has 2 aromatic carbocycles. The lowest BCUT2D eigenvalue weighted by molar-refractivity contribution is 0.0628. The highest BCUT2D eigenvalue weighted by atomic mass is 127. The monoisotopic (exact) mass is 509 g/mol. The Bertz CT molecular complexity index is 916. The quantitative estimate of drug-likeness (QED) is 0.508. The fraction of sp³-hybridized carbons (Fsp3) is 0.364. The number of piperazine rings is 1. The van der Waals surface area contributed by atoms with Gasteiger partial charge < -0.3 is 9.67 Å². The summed E-state index contributed by atoms with van der Waals surface area (Å²) >= 11 is 8.74. The van der Waals surface area contributed by atoms with Crippen molar-refractivity contribution >= 4 is 45.1 Å². The van der Waals surface area contributed by atoms with Crippen LogP contribution in [0.2, 0.25) is 5.02 Å². The minimum atomic E-state index is -0.369. The first-order valence-corrected chi connectivity index (χ1v) is 11.2. The van der Waals surface area contributed by atoms with Crippen LogP contribution in [0.4, 0.5) is 0 Å². The van der Waals surface area contributed by atoms with Gasteiger partial charge in [0.05, 0.1) is 6.10 Å². The molecule has 1 aliphatic rings. The highest BCUT2D eigenvalue weighted by Crippen LogP contribution is 2.24. The molecular formula is C22H25ClIN3O. The van der Waals surface area contributed by atoms with Gasteiger partial charge in [-0.25, -0.2) is 0 Å². The van der Waals surface area contributed by atoms with Crippen molar-refractivity contribution in [3.8, 4) is 0 Å². The van der Waals surface area contributed by atoms with Crippen LogP contribution in [0.1, 0.15) is 5.56 Å². The summed E-state index contributed by atoms with van der Waals surface area (Å²) < 4.78 is 3.37. The van der Waals surface area contributed by atoms with Crippen LogP contribution in [0, 0.1) is 3.57 Å². The van der Waals surface area contributed by atoms with Gasteiger partial charge in [-0.2, -0.15) is 0 Å². The molecule has 0 amide bonds.